The zero-order valence-electron chi connectivity index (χ0n) is 13.5. The lowest BCUT2D eigenvalue weighted by Gasteiger charge is -2.15. The van der Waals surface area contributed by atoms with E-state index in [1.165, 1.54) is 11.8 Å². The molecule has 0 bridgehead atoms. The molecule has 130 valence electrons. The Morgan fingerprint density at radius 1 is 1.28 bits per heavy atom. The SMILES string of the molecule is Nc1nc(SCC(=O)NCCC(c2ccccc2)c2ccco2)n[nH]1. The molecule has 2 aromatic heterocycles. The van der Waals surface area contributed by atoms with Gasteiger partial charge >= 0.3 is 0 Å². The fourth-order valence-electron chi connectivity index (χ4n) is 2.51. The van der Waals surface area contributed by atoms with Crippen LogP contribution in [0.25, 0.3) is 0 Å². The first-order valence-corrected chi connectivity index (χ1v) is 8.86. The largest absolute Gasteiger partial charge is 0.469 e. The molecule has 0 aliphatic carbocycles. The number of anilines is 1. The Morgan fingerprint density at radius 2 is 2.12 bits per heavy atom. The summed E-state index contributed by atoms with van der Waals surface area (Å²) in [5.74, 6) is 1.42. The molecule has 0 saturated carbocycles. The Balaban J connectivity index is 1.50. The van der Waals surface area contributed by atoms with Gasteiger partial charge in [-0.1, -0.05) is 42.1 Å². The third-order valence-electron chi connectivity index (χ3n) is 3.66. The van der Waals surface area contributed by atoms with E-state index in [9.17, 15) is 4.79 Å². The van der Waals surface area contributed by atoms with Crippen LogP contribution in [0.3, 0.4) is 0 Å². The van der Waals surface area contributed by atoms with Crippen molar-refractivity contribution in [2.24, 2.45) is 0 Å². The second-order valence-electron chi connectivity index (χ2n) is 5.41. The first-order valence-electron chi connectivity index (χ1n) is 7.88. The van der Waals surface area contributed by atoms with E-state index in [0.29, 0.717) is 11.7 Å². The molecule has 0 aliphatic rings. The van der Waals surface area contributed by atoms with Crippen molar-refractivity contribution in [3.05, 3.63) is 60.1 Å². The number of amides is 1. The summed E-state index contributed by atoms with van der Waals surface area (Å²) in [5, 5.41) is 9.80. The molecule has 3 aromatic rings. The monoisotopic (exact) mass is 357 g/mol. The van der Waals surface area contributed by atoms with Crippen molar-refractivity contribution in [1.29, 1.82) is 0 Å². The Bertz CT molecular complexity index is 788. The topological polar surface area (TPSA) is 110 Å². The zero-order valence-corrected chi connectivity index (χ0v) is 14.3. The molecule has 0 saturated heterocycles. The summed E-state index contributed by atoms with van der Waals surface area (Å²) in [4.78, 5) is 15.9. The summed E-state index contributed by atoms with van der Waals surface area (Å²) in [6, 6.07) is 14.0. The van der Waals surface area contributed by atoms with Gasteiger partial charge in [0.05, 0.1) is 12.0 Å². The highest BCUT2D eigenvalue weighted by Crippen LogP contribution is 2.27. The predicted molar refractivity (Wildman–Crippen MR) is 96.1 cm³/mol. The average Bonchev–Trinajstić information content (AvgIpc) is 3.29. The van der Waals surface area contributed by atoms with E-state index in [-0.39, 0.29) is 23.5 Å². The van der Waals surface area contributed by atoms with Crippen molar-refractivity contribution in [2.75, 3.05) is 18.0 Å². The van der Waals surface area contributed by atoms with Crippen molar-refractivity contribution < 1.29 is 9.21 Å². The van der Waals surface area contributed by atoms with Crippen LogP contribution in [0, 0.1) is 0 Å². The lowest BCUT2D eigenvalue weighted by Crippen LogP contribution is -2.27. The van der Waals surface area contributed by atoms with Crippen molar-refractivity contribution in [2.45, 2.75) is 17.5 Å². The van der Waals surface area contributed by atoms with Crippen molar-refractivity contribution in [3.8, 4) is 0 Å². The van der Waals surface area contributed by atoms with Gasteiger partial charge in [-0.3, -0.25) is 4.79 Å². The van der Waals surface area contributed by atoms with Gasteiger partial charge in [0.2, 0.25) is 17.0 Å². The molecule has 3 rings (SSSR count). The third kappa shape index (κ3) is 4.87. The number of carbonyl (C=O) groups is 1. The van der Waals surface area contributed by atoms with Crippen molar-refractivity contribution in [3.63, 3.8) is 0 Å². The highest BCUT2D eigenvalue weighted by Gasteiger charge is 2.17. The van der Waals surface area contributed by atoms with Gasteiger partial charge in [0, 0.05) is 12.5 Å². The van der Waals surface area contributed by atoms with E-state index in [1.807, 2.05) is 30.3 Å². The minimum absolute atomic E-state index is 0.0698. The lowest BCUT2D eigenvalue weighted by molar-refractivity contribution is -0.118. The second kappa shape index (κ2) is 8.39. The van der Waals surface area contributed by atoms with Gasteiger partial charge in [0.25, 0.3) is 0 Å². The van der Waals surface area contributed by atoms with E-state index in [4.69, 9.17) is 10.2 Å². The molecule has 7 nitrogen and oxygen atoms in total. The smallest absolute Gasteiger partial charge is 0.230 e. The van der Waals surface area contributed by atoms with Crippen LogP contribution in [-0.4, -0.2) is 33.4 Å². The number of nitrogens with zero attached hydrogens (tertiary/aromatic N) is 2. The minimum Gasteiger partial charge on any atom is -0.469 e. The summed E-state index contributed by atoms with van der Waals surface area (Å²) in [5.41, 5.74) is 6.61. The van der Waals surface area contributed by atoms with Crippen LogP contribution in [-0.2, 0) is 4.79 Å². The van der Waals surface area contributed by atoms with E-state index in [0.717, 1.165) is 17.7 Å². The Morgan fingerprint density at radius 3 is 2.80 bits per heavy atom. The normalized spacial score (nSPS) is 12.0. The molecule has 0 fully saturated rings. The average molecular weight is 357 g/mol. The highest BCUT2D eigenvalue weighted by atomic mass is 32.2. The zero-order chi connectivity index (χ0) is 17.5. The Labute approximate surface area is 149 Å². The van der Waals surface area contributed by atoms with Crippen LogP contribution in [0.5, 0.6) is 0 Å². The second-order valence-corrected chi connectivity index (χ2v) is 6.35. The number of rotatable bonds is 8. The number of thioether (sulfide) groups is 1. The molecule has 2 heterocycles. The van der Waals surface area contributed by atoms with Crippen LogP contribution in [0.15, 0.2) is 58.3 Å². The number of H-pyrrole nitrogens is 1. The summed E-state index contributed by atoms with van der Waals surface area (Å²) < 4.78 is 5.57. The maximum absolute atomic E-state index is 12.0. The molecular weight excluding hydrogens is 338 g/mol. The molecular formula is C17H19N5O2S. The van der Waals surface area contributed by atoms with Gasteiger partial charge in [-0.15, -0.1) is 5.10 Å². The Hall–Kier alpha value is -2.74. The molecule has 0 aliphatic heterocycles. The quantitative estimate of drug-likeness (QED) is 0.534. The summed E-state index contributed by atoms with van der Waals surface area (Å²) in [7, 11) is 0. The predicted octanol–water partition coefficient (Wildman–Crippen LogP) is 2.41. The number of carbonyl (C=O) groups excluding carboxylic acids is 1. The third-order valence-corrected chi connectivity index (χ3v) is 4.51. The van der Waals surface area contributed by atoms with Crippen LogP contribution in [0.2, 0.25) is 0 Å². The van der Waals surface area contributed by atoms with Crippen molar-refractivity contribution in [1.82, 2.24) is 20.5 Å². The van der Waals surface area contributed by atoms with E-state index in [1.54, 1.807) is 6.26 Å². The molecule has 1 atom stereocenters. The van der Waals surface area contributed by atoms with Crippen LogP contribution >= 0.6 is 11.8 Å². The molecule has 0 spiro atoms. The van der Waals surface area contributed by atoms with E-state index < -0.39 is 0 Å². The molecule has 1 unspecified atom stereocenters. The van der Waals surface area contributed by atoms with Crippen LogP contribution in [0.1, 0.15) is 23.7 Å². The van der Waals surface area contributed by atoms with Crippen LogP contribution in [0.4, 0.5) is 5.95 Å². The first kappa shape index (κ1) is 17.1. The molecule has 1 aromatic carbocycles. The van der Waals surface area contributed by atoms with Crippen LogP contribution < -0.4 is 11.1 Å². The maximum atomic E-state index is 12.0. The standard InChI is InChI=1S/C17H19N5O2S/c18-16-20-17(22-21-16)25-11-15(23)19-9-8-13(14-7-4-10-24-14)12-5-2-1-3-6-12/h1-7,10,13H,8-9,11H2,(H,19,23)(H3,18,20,21,22). The molecule has 1 amide bonds. The van der Waals surface area contributed by atoms with Crippen molar-refractivity contribution >= 4 is 23.6 Å². The van der Waals surface area contributed by atoms with E-state index in [2.05, 4.69) is 32.6 Å². The summed E-state index contributed by atoms with van der Waals surface area (Å²) >= 11 is 1.24. The highest BCUT2D eigenvalue weighted by molar-refractivity contribution is 7.99. The number of hydrogen-bond donors (Lipinski definition) is 3. The lowest BCUT2D eigenvalue weighted by atomic mass is 9.93. The number of benzene rings is 1. The van der Waals surface area contributed by atoms with Gasteiger partial charge in [-0.25, -0.2) is 5.10 Å². The number of aromatic amines is 1. The fraction of sp³-hybridized carbons (Fsp3) is 0.235. The summed E-state index contributed by atoms with van der Waals surface area (Å²) in [6.07, 6.45) is 2.42. The number of hydrogen-bond acceptors (Lipinski definition) is 6. The molecule has 0 radical (unpaired) electrons. The number of furan rings is 1. The minimum atomic E-state index is -0.0698. The molecule has 4 N–H and O–H groups in total. The van der Waals surface area contributed by atoms with E-state index >= 15 is 0 Å². The first-order chi connectivity index (χ1) is 12.2. The van der Waals surface area contributed by atoms with Gasteiger partial charge in [-0.2, -0.15) is 4.98 Å². The summed E-state index contributed by atoms with van der Waals surface area (Å²) in [6.45, 7) is 0.551. The van der Waals surface area contributed by atoms with Gasteiger partial charge in [0.15, 0.2) is 0 Å². The molecule has 25 heavy (non-hydrogen) atoms. The maximum Gasteiger partial charge on any atom is 0.230 e. The molecule has 8 heteroatoms. The fourth-order valence-corrected chi connectivity index (χ4v) is 3.14. The number of nitrogens with two attached hydrogens (primary N) is 1. The Kier molecular flexibility index (Phi) is 5.73. The van der Waals surface area contributed by atoms with Gasteiger partial charge < -0.3 is 15.5 Å². The number of nitrogen functional groups attached to an aromatic ring is 1. The van der Waals surface area contributed by atoms with Gasteiger partial charge in [0.1, 0.15) is 5.76 Å². The number of nitrogens with one attached hydrogen (secondary N) is 2. The number of aromatic nitrogens is 3. The van der Waals surface area contributed by atoms with Gasteiger partial charge in [-0.05, 0) is 24.1 Å².